The van der Waals surface area contributed by atoms with Crippen LogP contribution in [0.15, 0.2) is 0 Å². The molecule has 0 rings (SSSR count). The molecule has 0 saturated carbocycles. The summed E-state index contributed by atoms with van der Waals surface area (Å²) in [6.45, 7) is 5.93. The summed E-state index contributed by atoms with van der Waals surface area (Å²) in [6.07, 6.45) is -0.189. The molecule has 0 heterocycles. The van der Waals surface area contributed by atoms with Gasteiger partial charge in [-0.3, -0.25) is 4.21 Å². The van der Waals surface area contributed by atoms with E-state index in [0.717, 1.165) is 0 Å². The molecular formula is C10H22O5S. The monoisotopic (exact) mass is 254 g/mol. The minimum Gasteiger partial charge on any atom is -0.390 e. The zero-order valence-electron chi connectivity index (χ0n) is 10.2. The van der Waals surface area contributed by atoms with E-state index in [1.807, 2.05) is 0 Å². The van der Waals surface area contributed by atoms with E-state index in [0.29, 0.717) is 0 Å². The molecule has 4 N–H and O–H groups in total. The smallest absolute Gasteiger partial charge is 0.134 e. The highest BCUT2D eigenvalue weighted by molar-refractivity contribution is 7.85. The standard InChI is InChI=1S/C10H22O5S/c1-9(2,13)5-7(11)16(15)8(12)6-10(3,4)14/h7-8,11-14H,5-6H2,1-4H3. The quantitative estimate of drug-likeness (QED) is 0.521. The van der Waals surface area contributed by atoms with Gasteiger partial charge in [-0.05, 0) is 27.7 Å². The number of hydrogen-bond acceptors (Lipinski definition) is 5. The van der Waals surface area contributed by atoms with Crippen LogP contribution in [0, 0.1) is 0 Å². The lowest BCUT2D eigenvalue weighted by atomic mass is 10.1. The topological polar surface area (TPSA) is 98.0 Å². The Bertz CT molecular complexity index is 217. The Balaban J connectivity index is 4.34. The summed E-state index contributed by atoms with van der Waals surface area (Å²) >= 11 is 0. The molecule has 0 amide bonds. The fourth-order valence-corrected chi connectivity index (χ4v) is 2.71. The van der Waals surface area contributed by atoms with Crippen LogP contribution in [0.4, 0.5) is 0 Å². The van der Waals surface area contributed by atoms with Crippen molar-refractivity contribution in [3.8, 4) is 0 Å². The zero-order valence-corrected chi connectivity index (χ0v) is 11.0. The molecule has 0 saturated heterocycles. The van der Waals surface area contributed by atoms with E-state index in [9.17, 15) is 24.6 Å². The van der Waals surface area contributed by atoms with Gasteiger partial charge >= 0.3 is 0 Å². The van der Waals surface area contributed by atoms with Crippen LogP contribution in [0.5, 0.6) is 0 Å². The van der Waals surface area contributed by atoms with Gasteiger partial charge in [-0.1, -0.05) is 0 Å². The van der Waals surface area contributed by atoms with Crippen molar-refractivity contribution in [2.24, 2.45) is 0 Å². The summed E-state index contributed by atoms with van der Waals surface area (Å²) in [7, 11) is -1.91. The van der Waals surface area contributed by atoms with Crippen LogP contribution >= 0.6 is 0 Å². The molecule has 0 aromatic heterocycles. The molecule has 0 aliphatic carbocycles. The second kappa shape index (κ2) is 5.55. The van der Waals surface area contributed by atoms with Crippen molar-refractivity contribution in [3.63, 3.8) is 0 Å². The van der Waals surface area contributed by atoms with Gasteiger partial charge in [-0.25, -0.2) is 0 Å². The molecule has 0 aliphatic heterocycles. The lowest BCUT2D eigenvalue weighted by Gasteiger charge is -2.25. The Morgan fingerprint density at radius 3 is 1.38 bits per heavy atom. The van der Waals surface area contributed by atoms with Crippen molar-refractivity contribution < 1.29 is 24.6 Å². The highest BCUT2D eigenvalue weighted by Crippen LogP contribution is 2.19. The van der Waals surface area contributed by atoms with Gasteiger partial charge in [0.1, 0.15) is 10.9 Å². The zero-order chi connectivity index (χ0) is 13.1. The minimum absolute atomic E-state index is 0.0947. The van der Waals surface area contributed by atoms with E-state index < -0.39 is 32.9 Å². The van der Waals surface area contributed by atoms with Crippen LogP contribution in [0.25, 0.3) is 0 Å². The molecule has 0 fully saturated rings. The molecule has 6 heteroatoms. The molecule has 0 radical (unpaired) electrons. The predicted octanol–water partition coefficient (Wildman–Crippen LogP) is -0.306. The van der Waals surface area contributed by atoms with E-state index in [2.05, 4.69) is 0 Å². The fraction of sp³-hybridized carbons (Fsp3) is 1.00. The molecule has 0 aromatic rings. The van der Waals surface area contributed by atoms with Crippen LogP contribution in [-0.4, -0.2) is 46.7 Å². The second-order valence-corrected chi connectivity index (χ2v) is 7.02. The SMILES string of the molecule is CC(C)(O)CC(O)S(=O)C(O)CC(C)(C)O. The number of aliphatic hydroxyl groups is 4. The maximum absolute atomic E-state index is 11.6. The van der Waals surface area contributed by atoms with Crippen LogP contribution < -0.4 is 0 Å². The average Bonchev–Trinajstić information content (AvgIpc) is 1.96. The maximum Gasteiger partial charge on any atom is 0.134 e. The summed E-state index contributed by atoms with van der Waals surface area (Å²) in [5.41, 5.74) is -4.91. The Hall–Kier alpha value is -0.0100. The van der Waals surface area contributed by atoms with Gasteiger partial charge in [0.2, 0.25) is 0 Å². The molecule has 0 spiro atoms. The van der Waals surface area contributed by atoms with Crippen LogP contribution in [-0.2, 0) is 10.8 Å². The van der Waals surface area contributed by atoms with Gasteiger partial charge < -0.3 is 20.4 Å². The van der Waals surface area contributed by atoms with Crippen molar-refractivity contribution in [2.75, 3.05) is 0 Å². The normalized spacial score (nSPS) is 19.2. The summed E-state index contributed by atoms with van der Waals surface area (Å²) in [4.78, 5) is 0. The lowest BCUT2D eigenvalue weighted by Crippen LogP contribution is -2.36. The van der Waals surface area contributed by atoms with E-state index in [1.54, 1.807) is 0 Å². The van der Waals surface area contributed by atoms with Crippen LogP contribution in [0.1, 0.15) is 40.5 Å². The van der Waals surface area contributed by atoms with Crippen LogP contribution in [0.2, 0.25) is 0 Å². The molecule has 2 atom stereocenters. The van der Waals surface area contributed by atoms with Crippen molar-refractivity contribution in [2.45, 2.75) is 62.6 Å². The summed E-state index contributed by atoms with van der Waals surface area (Å²) in [5.74, 6) is 0. The molecule has 0 aliphatic rings. The Morgan fingerprint density at radius 1 is 0.938 bits per heavy atom. The molecule has 5 nitrogen and oxygen atoms in total. The molecule has 98 valence electrons. The van der Waals surface area contributed by atoms with Gasteiger partial charge in [-0.15, -0.1) is 0 Å². The predicted molar refractivity (Wildman–Crippen MR) is 62.0 cm³/mol. The largest absolute Gasteiger partial charge is 0.390 e. The maximum atomic E-state index is 11.6. The first kappa shape index (κ1) is 16.0. The van der Waals surface area contributed by atoms with E-state index in [-0.39, 0.29) is 12.8 Å². The first-order valence-corrected chi connectivity index (χ1v) is 6.40. The third kappa shape index (κ3) is 7.29. The second-order valence-electron chi connectivity index (χ2n) is 5.27. The van der Waals surface area contributed by atoms with Gasteiger partial charge in [0, 0.05) is 12.8 Å². The van der Waals surface area contributed by atoms with Crippen molar-refractivity contribution in [3.05, 3.63) is 0 Å². The third-order valence-electron chi connectivity index (χ3n) is 1.88. The summed E-state index contributed by atoms with van der Waals surface area (Å²) in [6, 6.07) is 0. The highest BCUT2D eigenvalue weighted by Gasteiger charge is 2.30. The molecule has 0 aromatic carbocycles. The van der Waals surface area contributed by atoms with E-state index >= 15 is 0 Å². The molecule has 16 heavy (non-hydrogen) atoms. The van der Waals surface area contributed by atoms with Gasteiger partial charge in [0.25, 0.3) is 0 Å². The summed E-state index contributed by atoms with van der Waals surface area (Å²) < 4.78 is 11.6. The van der Waals surface area contributed by atoms with Gasteiger partial charge in [0.05, 0.1) is 22.0 Å². The highest BCUT2D eigenvalue weighted by atomic mass is 32.2. The minimum atomic E-state index is -1.91. The first-order chi connectivity index (χ1) is 6.92. The van der Waals surface area contributed by atoms with E-state index in [1.165, 1.54) is 27.7 Å². The number of rotatable bonds is 6. The molecule has 2 unspecified atom stereocenters. The average molecular weight is 254 g/mol. The van der Waals surface area contributed by atoms with Crippen LogP contribution in [0.3, 0.4) is 0 Å². The molecule has 0 bridgehead atoms. The van der Waals surface area contributed by atoms with E-state index in [4.69, 9.17) is 0 Å². The van der Waals surface area contributed by atoms with Crippen molar-refractivity contribution in [1.82, 2.24) is 0 Å². The van der Waals surface area contributed by atoms with Gasteiger partial charge in [-0.2, -0.15) is 0 Å². The summed E-state index contributed by atoms with van der Waals surface area (Å²) in [5, 5.41) is 37.9. The fourth-order valence-electron chi connectivity index (χ4n) is 1.20. The Labute approximate surface area is 98.6 Å². The Kier molecular flexibility index (Phi) is 5.55. The van der Waals surface area contributed by atoms with Crippen molar-refractivity contribution >= 4 is 10.8 Å². The third-order valence-corrected chi connectivity index (χ3v) is 3.29. The molecular weight excluding hydrogens is 232 g/mol. The van der Waals surface area contributed by atoms with Crippen molar-refractivity contribution in [1.29, 1.82) is 0 Å². The Morgan fingerprint density at radius 2 is 1.19 bits per heavy atom. The number of aliphatic hydroxyl groups excluding tert-OH is 2. The number of hydrogen-bond donors (Lipinski definition) is 4. The first-order valence-electron chi connectivity index (χ1n) is 5.13. The lowest BCUT2D eigenvalue weighted by molar-refractivity contribution is 0.0339. The van der Waals surface area contributed by atoms with Gasteiger partial charge in [0.15, 0.2) is 0 Å².